The molecule has 2 aromatic rings. The fraction of sp³-hybridized carbons (Fsp3) is 0.706. The van der Waals surface area contributed by atoms with Gasteiger partial charge in [0, 0.05) is 18.6 Å². The molecule has 2 aromatic heterocycles. The fourth-order valence-corrected chi connectivity index (χ4v) is 5.22. The van der Waals surface area contributed by atoms with E-state index >= 15 is 0 Å². The van der Waals surface area contributed by atoms with Gasteiger partial charge in [0.2, 0.25) is 0 Å². The van der Waals surface area contributed by atoms with Crippen molar-refractivity contribution in [2.75, 3.05) is 26.2 Å². The number of aromatic nitrogens is 6. The highest BCUT2D eigenvalue weighted by atomic mass is 35.5. The second kappa shape index (κ2) is 9.38. The number of piperidine rings is 3. The van der Waals surface area contributed by atoms with Gasteiger partial charge in [0.15, 0.2) is 5.82 Å². The lowest BCUT2D eigenvalue weighted by atomic mass is 9.73. The van der Waals surface area contributed by atoms with E-state index in [0.717, 1.165) is 25.6 Å². The third-order valence-corrected chi connectivity index (χ3v) is 6.44. The zero-order chi connectivity index (χ0) is 18.2. The summed E-state index contributed by atoms with van der Waals surface area (Å²) >= 11 is 0. The summed E-state index contributed by atoms with van der Waals surface area (Å²) in [6, 6.07) is 1.06. The molecule has 29 heavy (non-hydrogen) atoms. The molecule has 4 atom stereocenters. The second-order valence-corrected chi connectivity index (χ2v) is 7.88. The van der Waals surface area contributed by atoms with Crippen molar-refractivity contribution in [3.63, 3.8) is 0 Å². The third kappa shape index (κ3) is 4.11. The Bertz CT molecular complexity index is 799. The minimum atomic E-state index is -0.145. The van der Waals surface area contributed by atoms with E-state index in [4.69, 9.17) is 0 Å². The minimum absolute atomic E-state index is 0. The number of fused-ring (bicyclic) bond motifs is 4. The summed E-state index contributed by atoms with van der Waals surface area (Å²) in [5.74, 6) is 1.70. The number of nitrogens with one attached hydrogen (secondary N) is 3. The molecule has 1 amide bonds. The van der Waals surface area contributed by atoms with Crippen LogP contribution in [-0.2, 0) is 0 Å². The van der Waals surface area contributed by atoms with E-state index in [9.17, 15) is 4.79 Å². The largest absolute Gasteiger partial charge is 0.350 e. The summed E-state index contributed by atoms with van der Waals surface area (Å²) in [5, 5.41) is 24.6. The number of amides is 1. The number of carbonyl (C=O) groups is 1. The maximum absolute atomic E-state index is 12.8. The Labute approximate surface area is 181 Å². The van der Waals surface area contributed by atoms with Crippen LogP contribution in [0.3, 0.4) is 0 Å². The lowest BCUT2D eigenvalue weighted by Crippen LogP contribution is -2.65. The normalized spacial score (nSPS) is 28.6. The number of hydrogen-bond donors (Lipinski definition) is 3. The second-order valence-electron chi connectivity index (χ2n) is 7.88. The average Bonchev–Trinajstić information content (AvgIpc) is 3.39. The van der Waals surface area contributed by atoms with Crippen molar-refractivity contribution in [3.8, 4) is 5.82 Å². The van der Waals surface area contributed by atoms with Crippen molar-refractivity contribution in [1.29, 1.82) is 0 Å². The molecule has 0 spiro atoms. The van der Waals surface area contributed by atoms with Crippen LogP contribution >= 0.6 is 24.8 Å². The van der Waals surface area contributed by atoms with E-state index < -0.39 is 0 Å². The summed E-state index contributed by atoms with van der Waals surface area (Å²) in [6.45, 7) is 4.00. The zero-order valence-corrected chi connectivity index (χ0v) is 17.7. The predicted octanol–water partition coefficient (Wildman–Crippen LogP) is 0.421. The smallest absolute Gasteiger partial charge is 0.256 e. The van der Waals surface area contributed by atoms with Crippen LogP contribution < -0.4 is 10.6 Å². The molecule has 3 aliphatic heterocycles. The topological polar surface area (TPSA) is 117 Å². The number of aromatic amines is 1. The van der Waals surface area contributed by atoms with Crippen LogP contribution in [0.1, 0.15) is 36.0 Å². The zero-order valence-electron chi connectivity index (χ0n) is 16.0. The summed E-state index contributed by atoms with van der Waals surface area (Å²) in [4.78, 5) is 15.5. The summed E-state index contributed by atoms with van der Waals surface area (Å²) < 4.78 is 1.42. The maximum atomic E-state index is 12.8. The van der Waals surface area contributed by atoms with Gasteiger partial charge in [-0.05, 0) is 61.2 Å². The minimum Gasteiger partial charge on any atom is -0.350 e. The van der Waals surface area contributed by atoms with E-state index in [-0.39, 0.29) is 30.7 Å². The molecule has 3 fully saturated rings. The first-order valence-corrected chi connectivity index (χ1v) is 9.82. The monoisotopic (exact) mass is 443 g/mol. The number of nitrogens with zero attached hydrogens (tertiary/aromatic N) is 6. The molecular weight excluding hydrogens is 417 g/mol. The summed E-state index contributed by atoms with van der Waals surface area (Å²) in [5.41, 5.74) is 0.452. The molecule has 3 N–H and O–H groups in total. The van der Waals surface area contributed by atoms with E-state index in [1.807, 2.05) is 0 Å². The summed E-state index contributed by atoms with van der Waals surface area (Å²) in [6.07, 6.45) is 8.11. The van der Waals surface area contributed by atoms with Crippen LogP contribution in [0.2, 0.25) is 0 Å². The highest BCUT2D eigenvalue weighted by molar-refractivity contribution is 5.96. The lowest BCUT2D eigenvalue weighted by molar-refractivity contribution is -0.0371. The maximum Gasteiger partial charge on any atom is 0.256 e. The van der Waals surface area contributed by atoms with Crippen molar-refractivity contribution in [3.05, 3.63) is 18.1 Å². The quantitative estimate of drug-likeness (QED) is 0.626. The average molecular weight is 444 g/mol. The van der Waals surface area contributed by atoms with Crippen LogP contribution in [-0.4, -0.2) is 79.5 Å². The van der Waals surface area contributed by atoms with E-state index in [0.29, 0.717) is 35.9 Å². The third-order valence-electron chi connectivity index (χ3n) is 6.44. The fourth-order valence-electron chi connectivity index (χ4n) is 5.22. The molecule has 5 rings (SSSR count). The van der Waals surface area contributed by atoms with Crippen LogP contribution in [0.15, 0.2) is 12.5 Å². The first kappa shape index (κ1) is 21.9. The Morgan fingerprint density at radius 3 is 2.93 bits per heavy atom. The predicted molar refractivity (Wildman–Crippen MR) is 111 cm³/mol. The number of rotatable bonds is 4. The molecule has 160 valence electrons. The van der Waals surface area contributed by atoms with Crippen molar-refractivity contribution in [2.45, 2.75) is 37.8 Å². The first-order chi connectivity index (χ1) is 13.3. The first-order valence-electron chi connectivity index (χ1n) is 9.82. The molecule has 5 heterocycles. The van der Waals surface area contributed by atoms with Gasteiger partial charge in [-0.25, -0.2) is 0 Å². The molecule has 0 saturated carbocycles. The molecule has 0 aliphatic carbocycles. The van der Waals surface area contributed by atoms with Gasteiger partial charge in [-0.15, -0.1) is 29.9 Å². The van der Waals surface area contributed by atoms with E-state index in [2.05, 4.69) is 41.3 Å². The highest BCUT2D eigenvalue weighted by Gasteiger charge is 2.45. The molecule has 10 nitrogen and oxygen atoms in total. The van der Waals surface area contributed by atoms with Gasteiger partial charge in [-0.3, -0.25) is 14.8 Å². The van der Waals surface area contributed by atoms with Crippen LogP contribution in [0.25, 0.3) is 5.82 Å². The van der Waals surface area contributed by atoms with E-state index in [1.54, 1.807) is 0 Å². The number of halogens is 2. The van der Waals surface area contributed by atoms with Crippen LogP contribution in [0, 0.1) is 11.8 Å². The molecular formula is C17H27Cl2N9O. The molecule has 0 unspecified atom stereocenters. The molecule has 0 aromatic carbocycles. The van der Waals surface area contributed by atoms with Crippen LogP contribution in [0.4, 0.5) is 0 Å². The number of hydrogen-bond acceptors (Lipinski definition) is 7. The van der Waals surface area contributed by atoms with Gasteiger partial charge in [0.05, 0.1) is 6.20 Å². The Kier molecular flexibility index (Phi) is 7.10. The van der Waals surface area contributed by atoms with Gasteiger partial charge >= 0.3 is 0 Å². The SMILES string of the molecule is Cl.Cl.O=C(NC[C@H]1[C@@H]2CNC[C@@H](C2)[C@@H]2CCCCN21)c1cn[nH]c1-n1cnnn1. The Morgan fingerprint density at radius 1 is 1.24 bits per heavy atom. The molecule has 2 bridgehead atoms. The molecule has 12 heteroatoms. The molecule has 3 saturated heterocycles. The number of tetrazole rings is 1. The summed E-state index contributed by atoms with van der Waals surface area (Å²) in [7, 11) is 0. The van der Waals surface area contributed by atoms with E-state index in [1.165, 1.54) is 42.9 Å². The lowest BCUT2D eigenvalue weighted by Gasteiger charge is -2.55. The standard InChI is InChI=1S/C17H25N9O.2ClH/c27-17(13-8-20-22-16(13)26-10-21-23-24-26)19-9-15-12-5-11(6-18-7-12)14-3-1-2-4-25(14)15;;/h8,10-12,14-15,18H,1-7,9H2,(H,19,27)(H,20,22);2*1H/t11-,12+,14+,15+;;/m1../s1. The van der Waals surface area contributed by atoms with Gasteiger partial charge < -0.3 is 10.6 Å². The van der Waals surface area contributed by atoms with Crippen molar-refractivity contribution in [1.82, 2.24) is 45.9 Å². The van der Waals surface area contributed by atoms with Crippen molar-refractivity contribution in [2.24, 2.45) is 11.8 Å². The van der Waals surface area contributed by atoms with Crippen LogP contribution in [0.5, 0.6) is 0 Å². The van der Waals surface area contributed by atoms with Crippen molar-refractivity contribution < 1.29 is 4.79 Å². The van der Waals surface area contributed by atoms with Gasteiger partial charge in [0.1, 0.15) is 11.9 Å². The Balaban J connectivity index is 0.00000120. The highest BCUT2D eigenvalue weighted by Crippen LogP contribution is 2.38. The Hall–Kier alpha value is -1.75. The van der Waals surface area contributed by atoms with Crippen molar-refractivity contribution >= 4 is 30.7 Å². The number of carbonyl (C=O) groups excluding carboxylic acids is 1. The number of H-pyrrole nitrogens is 1. The molecule has 0 radical (unpaired) electrons. The van der Waals surface area contributed by atoms with Gasteiger partial charge in [0.25, 0.3) is 5.91 Å². The molecule has 3 aliphatic rings. The Morgan fingerprint density at radius 2 is 2.10 bits per heavy atom. The van der Waals surface area contributed by atoms with Gasteiger partial charge in [-0.1, -0.05) is 6.42 Å². The van der Waals surface area contributed by atoms with Gasteiger partial charge in [-0.2, -0.15) is 9.78 Å².